The van der Waals surface area contributed by atoms with Crippen molar-refractivity contribution in [3.63, 3.8) is 0 Å². The summed E-state index contributed by atoms with van der Waals surface area (Å²) < 4.78 is 12.3. The first kappa shape index (κ1) is 17.0. The summed E-state index contributed by atoms with van der Waals surface area (Å²) in [4.78, 5) is 25.2. The maximum absolute atomic E-state index is 12.6. The Morgan fingerprint density at radius 3 is 2.24 bits per heavy atom. The number of pyridine rings is 1. The minimum Gasteiger partial charge on any atom is -0.465 e. The van der Waals surface area contributed by atoms with Gasteiger partial charge in [0.15, 0.2) is 5.92 Å². The number of hydrogen-bond acceptors (Lipinski definition) is 4. The molecule has 0 saturated heterocycles. The maximum atomic E-state index is 12.6. The third kappa shape index (κ3) is 2.97. The number of carbonyl (C=O) groups is 2. The van der Waals surface area contributed by atoms with E-state index in [-0.39, 0.29) is 13.2 Å². The third-order valence-corrected chi connectivity index (χ3v) is 4.16. The molecule has 0 fully saturated rings. The molecule has 0 aliphatic carbocycles. The van der Waals surface area contributed by atoms with Gasteiger partial charge in [-0.2, -0.15) is 0 Å². The van der Waals surface area contributed by atoms with E-state index >= 15 is 0 Å². The highest BCUT2D eigenvalue weighted by Gasteiger charge is 2.35. The molecule has 0 aliphatic heterocycles. The van der Waals surface area contributed by atoms with E-state index in [1.165, 1.54) is 0 Å². The van der Waals surface area contributed by atoms with Crippen LogP contribution in [0.4, 0.5) is 0 Å². The van der Waals surface area contributed by atoms with Crippen LogP contribution in [0.1, 0.15) is 30.9 Å². The van der Waals surface area contributed by atoms with Crippen LogP contribution < -0.4 is 0 Å². The predicted molar refractivity (Wildman–Crippen MR) is 95.6 cm³/mol. The van der Waals surface area contributed by atoms with Crippen LogP contribution in [0.5, 0.6) is 0 Å². The average molecular weight is 339 g/mol. The van der Waals surface area contributed by atoms with E-state index in [4.69, 9.17) is 9.47 Å². The van der Waals surface area contributed by atoms with Crippen molar-refractivity contribution in [2.75, 3.05) is 13.2 Å². The molecule has 0 unspecified atom stereocenters. The monoisotopic (exact) mass is 339 g/mol. The van der Waals surface area contributed by atoms with Gasteiger partial charge in [-0.25, -0.2) is 0 Å². The first-order valence-corrected chi connectivity index (χ1v) is 8.41. The number of ether oxygens (including phenoxy) is 2. The number of fused-ring (bicyclic) bond motifs is 3. The van der Waals surface area contributed by atoms with E-state index in [1.54, 1.807) is 13.8 Å². The standard InChI is InChI=1S/C20H21NO4/c1-4-24-19(22)18(20(23)25-5-2)17-14-8-6-7-9-15(14)21-12-13(3)10-11-16(17)21/h6-12,18H,4-5H2,1-3H3. The molecule has 0 amide bonds. The van der Waals surface area contributed by atoms with Gasteiger partial charge in [0.1, 0.15) is 0 Å². The van der Waals surface area contributed by atoms with Gasteiger partial charge in [-0.1, -0.05) is 24.3 Å². The number of hydrogen-bond donors (Lipinski definition) is 0. The highest BCUT2D eigenvalue weighted by molar-refractivity contribution is 6.08. The smallest absolute Gasteiger partial charge is 0.324 e. The largest absolute Gasteiger partial charge is 0.465 e. The van der Waals surface area contributed by atoms with Crippen LogP contribution in [0.3, 0.4) is 0 Å². The minimum absolute atomic E-state index is 0.206. The van der Waals surface area contributed by atoms with Crippen LogP contribution in [0.15, 0.2) is 42.6 Å². The van der Waals surface area contributed by atoms with Crippen molar-refractivity contribution in [1.29, 1.82) is 0 Å². The van der Waals surface area contributed by atoms with E-state index < -0.39 is 17.9 Å². The number of rotatable bonds is 5. The van der Waals surface area contributed by atoms with E-state index in [0.29, 0.717) is 5.56 Å². The number of benzene rings is 1. The molecule has 2 heterocycles. The van der Waals surface area contributed by atoms with Crippen LogP contribution in [0, 0.1) is 6.92 Å². The number of aryl methyl sites for hydroxylation is 1. The zero-order valence-electron chi connectivity index (χ0n) is 14.6. The summed E-state index contributed by atoms with van der Waals surface area (Å²) in [6.07, 6.45) is 1.99. The summed E-state index contributed by atoms with van der Waals surface area (Å²) in [5.41, 5.74) is 3.46. The highest BCUT2D eigenvalue weighted by atomic mass is 16.6. The summed E-state index contributed by atoms with van der Waals surface area (Å²) in [7, 11) is 0. The van der Waals surface area contributed by atoms with Gasteiger partial charge in [0, 0.05) is 17.1 Å². The lowest BCUT2D eigenvalue weighted by molar-refractivity contribution is -0.156. The van der Waals surface area contributed by atoms with E-state index in [2.05, 4.69) is 0 Å². The zero-order chi connectivity index (χ0) is 18.0. The molecule has 0 spiro atoms. The molecule has 0 N–H and O–H groups in total. The van der Waals surface area contributed by atoms with E-state index in [0.717, 1.165) is 22.0 Å². The number of para-hydroxylation sites is 1. The Bertz CT molecular complexity index is 923. The fourth-order valence-corrected chi connectivity index (χ4v) is 3.16. The summed E-state index contributed by atoms with van der Waals surface area (Å²) in [6.45, 7) is 5.86. The average Bonchev–Trinajstić information content (AvgIpc) is 2.90. The van der Waals surface area contributed by atoms with Crippen LogP contribution in [0.2, 0.25) is 0 Å². The quantitative estimate of drug-likeness (QED) is 0.526. The third-order valence-electron chi connectivity index (χ3n) is 4.16. The Morgan fingerprint density at radius 2 is 1.60 bits per heavy atom. The molecule has 3 rings (SSSR count). The van der Waals surface area contributed by atoms with E-state index in [1.807, 2.05) is 53.9 Å². The topological polar surface area (TPSA) is 57.0 Å². The number of esters is 2. The lowest BCUT2D eigenvalue weighted by Crippen LogP contribution is -2.26. The molecule has 25 heavy (non-hydrogen) atoms. The van der Waals surface area contributed by atoms with Gasteiger partial charge in [0.25, 0.3) is 0 Å². The molecule has 2 aromatic heterocycles. The molecule has 0 saturated carbocycles. The lowest BCUT2D eigenvalue weighted by Gasteiger charge is -2.15. The molecule has 0 aliphatic rings. The first-order chi connectivity index (χ1) is 12.1. The van der Waals surface area contributed by atoms with Gasteiger partial charge in [-0.15, -0.1) is 0 Å². The van der Waals surface area contributed by atoms with Gasteiger partial charge in [-0.05, 0) is 38.5 Å². The highest BCUT2D eigenvalue weighted by Crippen LogP contribution is 2.34. The number of aromatic nitrogens is 1. The van der Waals surface area contributed by atoms with Crippen molar-refractivity contribution in [1.82, 2.24) is 4.40 Å². The molecule has 0 radical (unpaired) electrons. The van der Waals surface area contributed by atoms with Crippen LogP contribution in [0.25, 0.3) is 16.4 Å². The molecule has 1 aromatic carbocycles. The SMILES string of the molecule is CCOC(=O)C(C(=O)OCC)c1c2ccccc2n2cc(C)ccc12. The fraction of sp³-hybridized carbons (Fsp3) is 0.300. The first-order valence-electron chi connectivity index (χ1n) is 8.41. The summed E-state index contributed by atoms with van der Waals surface area (Å²) in [5, 5.41) is 0.846. The fourth-order valence-electron chi connectivity index (χ4n) is 3.16. The van der Waals surface area contributed by atoms with Gasteiger partial charge >= 0.3 is 11.9 Å². The molecule has 0 atom stereocenters. The molecule has 130 valence electrons. The summed E-state index contributed by atoms with van der Waals surface area (Å²) in [5.74, 6) is -2.27. The van der Waals surface area contributed by atoms with Gasteiger partial charge in [-0.3, -0.25) is 9.59 Å². The van der Waals surface area contributed by atoms with Crippen LogP contribution >= 0.6 is 0 Å². The maximum Gasteiger partial charge on any atom is 0.324 e. The van der Waals surface area contributed by atoms with Crippen molar-refractivity contribution in [3.05, 3.63) is 53.7 Å². The Hall–Kier alpha value is -2.82. The van der Waals surface area contributed by atoms with Crippen molar-refractivity contribution in [3.8, 4) is 0 Å². The van der Waals surface area contributed by atoms with Crippen LogP contribution in [-0.4, -0.2) is 29.6 Å². The van der Waals surface area contributed by atoms with Crippen LogP contribution in [-0.2, 0) is 19.1 Å². The Balaban J connectivity index is 2.32. The van der Waals surface area contributed by atoms with Gasteiger partial charge in [0.05, 0.1) is 24.2 Å². The normalized spacial score (nSPS) is 11.2. The van der Waals surface area contributed by atoms with Crippen molar-refractivity contribution >= 4 is 28.4 Å². The van der Waals surface area contributed by atoms with E-state index in [9.17, 15) is 9.59 Å². The second-order valence-corrected chi connectivity index (χ2v) is 5.83. The van der Waals surface area contributed by atoms with Crippen molar-refractivity contribution < 1.29 is 19.1 Å². The summed E-state index contributed by atoms with van der Waals surface area (Å²) >= 11 is 0. The Morgan fingerprint density at radius 1 is 0.960 bits per heavy atom. The molecule has 5 nitrogen and oxygen atoms in total. The number of carbonyl (C=O) groups excluding carboxylic acids is 2. The second-order valence-electron chi connectivity index (χ2n) is 5.83. The molecular weight excluding hydrogens is 318 g/mol. The van der Waals surface area contributed by atoms with Gasteiger partial charge < -0.3 is 13.9 Å². The number of nitrogens with zero attached hydrogens (tertiary/aromatic N) is 1. The Labute approximate surface area is 146 Å². The molecule has 3 aromatic rings. The predicted octanol–water partition coefficient (Wildman–Crippen LogP) is 3.61. The van der Waals surface area contributed by atoms with Gasteiger partial charge in [0.2, 0.25) is 0 Å². The second kappa shape index (κ2) is 6.97. The van der Waals surface area contributed by atoms with Crippen molar-refractivity contribution in [2.24, 2.45) is 0 Å². The summed E-state index contributed by atoms with van der Waals surface area (Å²) in [6, 6.07) is 11.6. The molecule has 5 heteroatoms. The molecular formula is C20H21NO4. The minimum atomic E-state index is -1.10. The lowest BCUT2D eigenvalue weighted by atomic mass is 9.96. The Kier molecular flexibility index (Phi) is 4.74. The molecule has 0 bridgehead atoms. The zero-order valence-corrected chi connectivity index (χ0v) is 14.6. The van der Waals surface area contributed by atoms with Crippen molar-refractivity contribution in [2.45, 2.75) is 26.7 Å².